The lowest BCUT2D eigenvalue weighted by molar-refractivity contribution is 0.0179. The molecule has 1 saturated carbocycles. The Morgan fingerprint density at radius 3 is 2.32 bits per heavy atom. The largest absolute Gasteiger partial charge is 0.459 e. The third-order valence-corrected chi connectivity index (χ3v) is 7.16. The molecule has 3 heteroatoms. The van der Waals surface area contributed by atoms with Gasteiger partial charge in [-0.2, -0.15) is 0 Å². The molecule has 0 saturated heterocycles. The third-order valence-electron chi connectivity index (χ3n) is 4.49. The second-order valence-electron chi connectivity index (χ2n) is 7.48. The number of carbonyl (C=O) groups is 1. The van der Waals surface area contributed by atoms with Gasteiger partial charge < -0.3 is 4.74 Å². The highest BCUT2D eigenvalue weighted by atomic mass is 31.1. The zero-order valence-corrected chi connectivity index (χ0v) is 14.6. The van der Waals surface area contributed by atoms with E-state index >= 15 is 0 Å². The summed E-state index contributed by atoms with van der Waals surface area (Å²) in [6.07, 6.45) is 3.66. The molecule has 1 aliphatic carbocycles. The van der Waals surface area contributed by atoms with Gasteiger partial charge >= 0.3 is 5.71 Å². The van der Waals surface area contributed by atoms with Crippen molar-refractivity contribution in [3.8, 4) is 0 Å². The summed E-state index contributed by atoms with van der Waals surface area (Å²) >= 11 is 0. The molecule has 0 amide bonds. The van der Waals surface area contributed by atoms with Crippen LogP contribution in [0.25, 0.3) is 0 Å². The van der Waals surface area contributed by atoms with Crippen LogP contribution in [0.4, 0.5) is 4.79 Å². The van der Waals surface area contributed by atoms with Gasteiger partial charge in [-0.3, -0.25) is 0 Å². The van der Waals surface area contributed by atoms with Crippen LogP contribution in [-0.4, -0.2) is 23.6 Å². The van der Waals surface area contributed by atoms with Crippen molar-refractivity contribution in [1.29, 1.82) is 0 Å². The summed E-state index contributed by atoms with van der Waals surface area (Å²) in [5.41, 5.74) is 0.0484. The Bertz CT molecular complexity index is 306. The highest BCUT2D eigenvalue weighted by Crippen LogP contribution is 2.48. The first kappa shape index (κ1) is 17.0. The molecule has 112 valence electrons. The summed E-state index contributed by atoms with van der Waals surface area (Å²) < 4.78 is 5.91. The van der Waals surface area contributed by atoms with Gasteiger partial charge in [-0.25, -0.2) is 4.79 Å². The van der Waals surface area contributed by atoms with E-state index in [0.717, 1.165) is 6.42 Å². The Morgan fingerprint density at radius 1 is 1.26 bits per heavy atom. The fraction of sp³-hybridized carbons (Fsp3) is 0.938. The van der Waals surface area contributed by atoms with Gasteiger partial charge in [0.2, 0.25) is 0 Å². The summed E-state index contributed by atoms with van der Waals surface area (Å²) in [6, 6.07) is 0. The fourth-order valence-electron chi connectivity index (χ4n) is 2.73. The smallest absolute Gasteiger partial charge is 0.326 e. The van der Waals surface area contributed by atoms with Crippen molar-refractivity contribution >= 4 is 13.6 Å². The molecule has 0 aromatic rings. The first-order chi connectivity index (χ1) is 8.62. The van der Waals surface area contributed by atoms with Crippen LogP contribution < -0.4 is 0 Å². The molecule has 4 atom stereocenters. The molecule has 1 fully saturated rings. The van der Waals surface area contributed by atoms with Crippen molar-refractivity contribution in [2.24, 2.45) is 17.8 Å². The molecule has 1 rings (SSSR count). The van der Waals surface area contributed by atoms with E-state index in [-0.39, 0.29) is 17.0 Å². The lowest BCUT2D eigenvalue weighted by atomic mass is 9.75. The van der Waals surface area contributed by atoms with Gasteiger partial charge in [0, 0.05) is 7.92 Å². The molecule has 0 N–H and O–H groups in total. The van der Waals surface area contributed by atoms with Gasteiger partial charge in [0.25, 0.3) is 0 Å². The predicted octanol–water partition coefficient (Wildman–Crippen LogP) is 5.49. The van der Waals surface area contributed by atoms with Crippen LogP contribution in [0.1, 0.15) is 60.8 Å². The van der Waals surface area contributed by atoms with Crippen LogP contribution in [0.2, 0.25) is 0 Å². The molecular formula is C16H31O2P. The van der Waals surface area contributed by atoms with Crippen LogP contribution in [0, 0.1) is 17.8 Å². The van der Waals surface area contributed by atoms with Crippen molar-refractivity contribution in [2.45, 2.75) is 72.1 Å². The Balaban J connectivity index is 2.69. The van der Waals surface area contributed by atoms with E-state index in [2.05, 4.69) is 41.5 Å². The molecule has 1 unspecified atom stereocenters. The van der Waals surface area contributed by atoms with E-state index in [9.17, 15) is 4.79 Å². The quantitative estimate of drug-likeness (QED) is 0.641. The standard InChI is InChI=1S/C16H31O2P/c1-11(2)13-9-8-12(3)10-14(13)18-15(17)19(7)16(4,5)6/h11-14H,8-10H2,1-7H3/t12-,13+,14-,19?/m0/s1. The van der Waals surface area contributed by atoms with E-state index < -0.39 is 7.92 Å². The topological polar surface area (TPSA) is 26.3 Å². The maximum atomic E-state index is 12.3. The fourth-order valence-corrected chi connectivity index (χ4v) is 3.57. The van der Waals surface area contributed by atoms with E-state index in [4.69, 9.17) is 4.74 Å². The molecule has 0 bridgehead atoms. The Morgan fingerprint density at radius 2 is 1.84 bits per heavy atom. The summed E-state index contributed by atoms with van der Waals surface area (Å²) in [5, 5.41) is 0.0417. The van der Waals surface area contributed by atoms with Crippen LogP contribution in [-0.2, 0) is 4.74 Å². The molecule has 2 nitrogen and oxygen atoms in total. The van der Waals surface area contributed by atoms with Crippen molar-refractivity contribution in [3.63, 3.8) is 0 Å². The Hall–Kier alpha value is -0.100. The predicted molar refractivity (Wildman–Crippen MR) is 84.2 cm³/mol. The minimum atomic E-state index is -0.721. The lowest BCUT2D eigenvalue weighted by Crippen LogP contribution is -2.36. The zero-order chi connectivity index (χ0) is 14.8. The number of rotatable bonds is 3. The van der Waals surface area contributed by atoms with Gasteiger partial charge in [-0.1, -0.05) is 48.0 Å². The first-order valence-corrected chi connectivity index (χ1v) is 9.36. The van der Waals surface area contributed by atoms with E-state index in [1.54, 1.807) is 0 Å². The van der Waals surface area contributed by atoms with Crippen molar-refractivity contribution in [1.82, 2.24) is 0 Å². The molecule has 0 aromatic heterocycles. The summed E-state index contributed by atoms with van der Waals surface area (Å²) in [5.74, 6) is 1.83. The van der Waals surface area contributed by atoms with Crippen LogP contribution in [0.15, 0.2) is 0 Å². The van der Waals surface area contributed by atoms with Gasteiger partial charge in [0.05, 0.1) is 0 Å². The van der Waals surface area contributed by atoms with Crippen LogP contribution in [0.5, 0.6) is 0 Å². The van der Waals surface area contributed by atoms with Gasteiger partial charge in [0.15, 0.2) is 0 Å². The summed E-state index contributed by atoms with van der Waals surface area (Å²) in [4.78, 5) is 12.3. The van der Waals surface area contributed by atoms with E-state index in [0.29, 0.717) is 17.8 Å². The van der Waals surface area contributed by atoms with Gasteiger partial charge in [-0.05, 0) is 42.4 Å². The molecule has 0 radical (unpaired) electrons. The second kappa shape index (κ2) is 6.57. The molecule has 0 aliphatic heterocycles. The Labute approximate surface area is 120 Å². The average Bonchev–Trinajstić information content (AvgIpc) is 2.26. The summed E-state index contributed by atoms with van der Waals surface area (Å²) in [6.45, 7) is 15.2. The molecule has 0 aromatic carbocycles. The monoisotopic (exact) mass is 286 g/mol. The molecule has 1 aliphatic rings. The average molecular weight is 286 g/mol. The van der Waals surface area contributed by atoms with Gasteiger partial charge in [-0.15, -0.1) is 0 Å². The van der Waals surface area contributed by atoms with Crippen LogP contribution >= 0.6 is 7.92 Å². The minimum Gasteiger partial charge on any atom is -0.459 e. The molecule has 19 heavy (non-hydrogen) atoms. The van der Waals surface area contributed by atoms with Crippen molar-refractivity contribution in [2.75, 3.05) is 6.66 Å². The zero-order valence-electron chi connectivity index (χ0n) is 13.7. The maximum Gasteiger partial charge on any atom is 0.326 e. The van der Waals surface area contributed by atoms with E-state index in [1.165, 1.54) is 12.8 Å². The number of hydrogen-bond donors (Lipinski definition) is 0. The maximum absolute atomic E-state index is 12.3. The SMILES string of the molecule is CC(C)[C@H]1CC[C@H](C)C[C@@H]1OC(=O)P(C)C(C)(C)C. The number of carbonyl (C=O) groups excluding carboxylic acids is 1. The second-order valence-corrected chi connectivity index (χ2v) is 10.3. The minimum absolute atomic E-state index is 0.0417. The third kappa shape index (κ3) is 4.74. The van der Waals surface area contributed by atoms with Crippen molar-refractivity contribution < 1.29 is 9.53 Å². The highest BCUT2D eigenvalue weighted by molar-refractivity contribution is 7.74. The van der Waals surface area contributed by atoms with Crippen LogP contribution in [0.3, 0.4) is 0 Å². The molecule has 0 heterocycles. The molecular weight excluding hydrogens is 255 g/mol. The summed E-state index contributed by atoms with van der Waals surface area (Å²) in [7, 11) is -0.721. The Kier molecular flexibility index (Phi) is 5.86. The van der Waals surface area contributed by atoms with E-state index in [1.807, 2.05) is 6.66 Å². The first-order valence-electron chi connectivity index (χ1n) is 7.57. The molecule has 0 spiro atoms. The van der Waals surface area contributed by atoms with Gasteiger partial charge in [0.1, 0.15) is 6.10 Å². The highest BCUT2D eigenvalue weighted by Gasteiger charge is 2.36. The number of ether oxygens (including phenoxy) is 1. The van der Waals surface area contributed by atoms with Crippen molar-refractivity contribution in [3.05, 3.63) is 0 Å². The number of hydrogen-bond acceptors (Lipinski definition) is 2. The normalized spacial score (nSPS) is 30.2. The lowest BCUT2D eigenvalue weighted by Gasteiger charge is -2.38.